The molecule has 4 fully saturated rings. The standard InChI is InChI=1S/C44H60N4O11/c1-12-32-44(8)36-33(40(53)58-44)48(11)23-42(36,6)37(51)24(2)22-43(7,54-19-15-16-28-21-30(46-59-28)29-17-13-14-18-45-29)38(26(4)34(49)27(5)39(52)56-32)57-41-35(50)31(47(9)10)20-25(3)55-41/h13-14,17-18,21,24-27,31-33,35-36,38,41,50H,12,19-20,22-23H2,1-11H3/t24-,25-,26+,27-,31+,32-,33-,35-,36-,38-,41+,42-,43+,44-/m1/s1. The van der Waals surface area contributed by atoms with E-state index in [1.165, 1.54) is 6.92 Å². The van der Waals surface area contributed by atoms with E-state index in [4.69, 9.17) is 28.2 Å². The van der Waals surface area contributed by atoms with Crippen LogP contribution in [0.25, 0.3) is 11.4 Å². The predicted octanol–water partition coefficient (Wildman–Crippen LogP) is 3.70. The molecular weight excluding hydrogens is 761 g/mol. The summed E-state index contributed by atoms with van der Waals surface area (Å²) in [5, 5.41) is 15.7. The number of cyclic esters (lactones) is 1. The van der Waals surface area contributed by atoms with Crippen molar-refractivity contribution in [2.24, 2.45) is 29.1 Å². The molecule has 0 unspecified atom stereocenters. The van der Waals surface area contributed by atoms with Crippen LogP contribution < -0.4 is 0 Å². The van der Waals surface area contributed by atoms with Crippen LogP contribution in [0.4, 0.5) is 0 Å². The van der Waals surface area contributed by atoms with Crippen molar-refractivity contribution in [1.82, 2.24) is 19.9 Å². The Morgan fingerprint density at radius 3 is 2.44 bits per heavy atom. The third-order valence-electron chi connectivity index (χ3n) is 13.2. The van der Waals surface area contributed by atoms with Crippen molar-refractivity contribution in [3.63, 3.8) is 0 Å². The number of Topliss-reactive ketones (excluding diaryl/α,β-unsaturated/α-hetero) is 2. The van der Waals surface area contributed by atoms with Crippen LogP contribution in [0.1, 0.15) is 80.4 Å². The number of likely N-dealkylation sites (tertiary alicyclic amines) is 1. The van der Waals surface area contributed by atoms with Crippen LogP contribution in [0.2, 0.25) is 0 Å². The van der Waals surface area contributed by atoms with Crippen molar-refractivity contribution in [2.45, 2.75) is 129 Å². The second kappa shape index (κ2) is 17.1. The van der Waals surface area contributed by atoms with Gasteiger partial charge in [0.1, 0.15) is 42.3 Å². The topological polar surface area (TPSA) is 180 Å². The summed E-state index contributed by atoms with van der Waals surface area (Å²) in [5.41, 5.74) is -2.81. The summed E-state index contributed by atoms with van der Waals surface area (Å²) in [6.45, 7) is 14.0. The first kappa shape index (κ1) is 44.5. The number of likely N-dealkylation sites (N-methyl/N-ethyl adjacent to an activating group) is 2. The van der Waals surface area contributed by atoms with Gasteiger partial charge in [-0.25, -0.2) is 0 Å². The number of aliphatic hydroxyl groups excluding tert-OH is 1. The fourth-order valence-corrected chi connectivity index (χ4v) is 10.3. The molecule has 0 bridgehead atoms. The number of ketones is 2. The highest BCUT2D eigenvalue weighted by atomic mass is 16.7. The van der Waals surface area contributed by atoms with Crippen LogP contribution in [0.3, 0.4) is 0 Å². The van der Waals surface area contributed by atoms with Gasteiger partial charge in [-0.05, 0) is 86.2 Å². The largest absolute Gasteiger partial charge is 0.458 e. The predicted molar refractivity (Wildman–Crippen MR) is 213 cm³/mol. The van der Waals surface area contributed by atoms with Gasteiger partial charge in [0, 0.05) is 48.0 Å². The molecule has 1 N–H and O–H groups in total. The molecular formula is C44H60N4O11. The number of nitrogens with zero attached hydrogens (tertiary/aromatic N) is 4. The highest BCUT2D eigenvalue weighted by molar-refractivity contribution is 6.00. The van der Waals surface area contributed by atoms with Crippen molar-refractivity contribution in [2.75, 3.05) is 34.3 Å². The molecule has 0 aromatic carbocycles. The van der Waals surface area contributed by atoms with Crippen LogP contribution in [0, 0.1) is 40.9 Å². The first-order valence-corrected chi connectivity index (χ1v) is 20.6. The third kappa shape index (κ3) is 8.37. The molecule has 0 aliphatic carbocycles. The minimum Gasteiger partial charge on any atom is -0.458 e. The number of hydrogen-bond donors (Lipinski definition) is 1. The molecule has 0 saturated carbocycles. The fraction of sp³-hybridized carbons (Fsp3) is 0.682. The van der Waals surface area contributed by atoms with Crippen molar-refractivity contribution in [3.8, 4) is 23.2 Å². The highest BCUT2D eigenvalue weighted by Crippen LogP contribution is 2.55. The highest BCUT2D eigenvalue weighted by Gasteiger charge is 2.70. The number of aromatic nitrogens is 2. The van der Waals surface area contributed by atoms with Crippen molar-refractivity contribution < 1.29 is 52.5 Å². The zero-order chi connectivity index (χ0) is 43.2. The van der Waals surface area contributed by atoms with E-state index < -0.39 is 88.7 Å². The molecule has 0 radical (unpaired) electrons. The van der Waals surface area contributed by atoms with E-state index in [0.717, 1.165) is 0 Å². The summed E-state index contributed by atoms with van der Waals surface area (Å²) in [6, 6.07) is 6.03. The summed E-state index contributed by atoms with van der Waals surface area (Å²) >= 11 is 0. The lowest BCUT2D eigenvalue weighted by Gasteiger charge is -2.48. The number of hydrogen-bond acceptors (Lipinski definition) is 15. The van der Waals surface area contributed by atoms with Gasteiger partial charge in [0.05, 0.1) is 23.5 Å². The number of esters is 2. The van der Waals surface area contributed by atoms with Gasteiger partial charge in [0.15, 0.2) is 17.7 Å². The van der Waals surface area contributed by atoms with Crippen molar-refractivity contribution in [3.05, 3.63) is 36.2 Å². The average Bonchev–Trinajstić information content (AvgIpc) is 3.87. The van der Waals surface area contributed by atoms with E-state index in [2.05, 4.69) is 22.0 Å². The molecule has 4 aliphatic heterocycles. The van der Waals surface area contributed by atoms with Crippen molar-refractivity contribution >= 4 is 23.5 Å². The maximum Gasteiger partial charge on any atom is 0.324 e. The van der Waals surface area contributed by atoms with Gasteiger partial charge in [0.2, 0.25) is 5.76 Å². The van der Waals surface area contributed by atoms with E-state index in [-0.39, 0.29) is 49.7 Å². The van der Waals surface area contributed by atoms with Crippen molar-refractivity contribution in [1.29, 1.82) is 0 Å². The summed E-state index contributed by atoms with van der Waals surface area (Å²) in [6.07, 6.45) is -2.23. The van der Waals surface area contributed by atoms with Gasteiger partial charge in [-0.2, -0.15) is 0 Å². The van der Waals surface area contributed by atoms with E-state index in [1.807, 2.05) is 57.7 Å². The second-order valence-corrected chi connectivity index (χ2v) is 17.9. The maximum absolute atomic E-state index is 15.1. The number of pyridine rings is 1. The van der Waals surface area contributed by atoms with Crippen LogP contribution in [-0.2, 0) is 42.9 Å². The minimum absolute atomic E-state index is 0.0374. The maximum atomic E-state index is 15.1. The monoisotopic (exact) mass is 820 g/mol. The lowest BCUT2D eigenvalue weighted by Crippen LogP contribution is -2.60. The lowest BCUT2D eigenvalue weighted by molar-refractivity contribution is -0.296. The van der Waals surface area contributed by atoms with Gasteiger partial charge in [-0.1, -0.05) is 44.8 Å². The SMILES string of the molecule is CC[C@H]1OC(=O)[C@H](C)C(=O)[C@H](C)[C@@H](O[C@@H]2O[C@H](C)C[C@H](N(C)C)[C@H]2O)[C@@](C)(OCC#Cc2cc(-c3ccccn3)no2)C[C@@H](C)C(=O)[C@]2(C)CN(C)[C@H]3C(=O)O[C@@]1(C)[C@H]32. The van der Waals surface area contributed by atoms with Gasteiger partial charge < -0.3 is 38.2 Å². The number of carbonyl (C=O) groups excluding carboxylic acids is 4. The van der Waals surface area contributed by atoms with Crippen LogP contribution in [-0.4, -0.2) is 137 Å². The first-order chi connectivity index (χ1) is 27.7. The Morgan fingerprint density at radius 1 is 1.05 bits per heavy atom. The quantitative estimate of drug-likeness (QED) is 0.243. The molecule has 0 spiro atoms. The van der Waals surface area contributed by atoms with Gasteiger partial charge in [-0.15, -0.1) is 0 Å². The molecule has 6 rings (SSSR count). The number of aliphatic hydroxyl groups is 1. The normalized spacial score (nSPS) is 39.6. The summed E-state index contributed by atoms with van der Waals surface area (Å²) in [4.78, 5) is 65.4. The summed E-state index contributed by atoms with van der Waals surface area (Å²) < 4.78 is 37.4. The smallest absolute Gasteiger partial charge is 0.324 e. The Morgan fingerprint density at radius 2 is 1.78 bits per heavy atom. The Kier molecular flexibility index (Phi) is 12.9. The second-order valence-electron chi connectivity index (χ2n) is 17.9. The van der Waals surface area contributed by atoms with Gasteiger partial charge in [0.25, 0.3) is 0 Å². The zero-order valence-electron chi connectivity index (χ0n) is 36.1. The molecule has 15 heteroatoms. The minimum atomic E-state index is -1.46. The number of rotatable bonds is 7. The molecule has 4 aliphatic rings. The van der Waals surface area contributed by atoms with Crippen LogP contribution in [0.15, 0.2) is 35.0 Å². The molecule has 6 heterocycles. The molecule has 2 aromatic rings. The molecule has 2 aromatic heterocycles. The van der Waals surface area contributed by atoms with E-state index in [9.17, 15) is 19.5 Å². The zero-order valence-corrected chi connectivity index (χ0v) is 36.1. The van der Waals surface area contributed by atoms with Gasteiger partial charge in [-0.3, -0.25) is 29.1 Å². The molecule has 59 heavy (non-hydrogen) atoms. The third-order valence-corrected chi connectivity index (χ3v) is 13.2. The van der Waals surface area contributed by atoms with E-state index >= 15 is 4.79 Å². The molecule has 322 valence electrons. The molecule has 15 nitrogen and oxygen atoms in total. The van der Waals surface area contributed by atoms with Gasteiger partial charge >= 0.3 is 11.9 Å². The Labute approximate surface area is 346 Å². The Balaban J connectivity index is 1.42. The van der Waals surface area contributed by atoms with E-state index in [1.54, 1.807) is 52.2 Å². The average molecular weight is 821 g/mol. The molecule has 14 atom stereocenters. The molecule has 4 saturated heterocycles. The first-order valence-electron chi connectivity index (χ1n) is 20.6. The number of ether oxygens (including phenoxy) is 5. The Bertz CT molecular complexity index is 1950. The number of carbonyl (C=O) groups is 4. The molecule has 0 amide bonds. The fourth-order valence-electron chi connectivity index (χ4n) is 10.3. The Hall–Kier alpha value is -4.04. The van der Waals surface area contributed by atoms with Crippen LogP contribution in [0.5, 0.6) is 0 Å². The van der Waals surface area contributed by atoms with Crippen LogP contribution >= 0.6 is 0 Å². The van der Waals surface area contributed by atoms with E-state index in [0.29, 0.717) is 17.8 Å². The summed E-state index contributed by atoms with van der Waals surface area (Å²) in [5.74, 6) is 0.559. The summed E-state index contributed by atoms with van der Waals surface area (Å²) in [7, 11) is 5.51. The lowest BCUT2D eigenvalue weighted by atomic mass is 9.62.